The molecule has 104 valence electrons. The number of ether oxygens (including phenoxy) is 3. The summed E-state index contributed by atoms with van der Waals surface area (Å²) in [5.41, 5.74) is 0.343. The van der Waals surface area contributed by atoms with Gasteiger partial charge in [0.25, 0.3) is 0 Å². The molecule has 0 aliphatic carbocycles. The quantitative estimate of drug-likeness (QED) is 0.381. The van der Waals surface area contributed by atoms with Crippen molar-refractivity contribution in [3.8, 4) is 0 Å². The predicted molar refractivity (Wildman–Crippen MR) is 75.5 cm³/mol. The summed E-state index contributed by atoms with van der Waals surface area (Å²) in [6.07, 6.45) is 5.10. The third-order valence-electron chi connectivity index (χ3n) is 2.99. The standard InChI is InChI=1S/C8H16O.C5H14O2Si/c1-3-5-6-8(4-2)7-9-8;1-3-6-5(8)7-4-2/h3-7H2,1-2H3;5H,3-4H2,1-2,8H3. The maximum absolute atomic E-state index is 5.35. The van der Waals surface area contributed by atoms with Crippen molar-refractivity contribution >= 4 is 10.2 Å². The molecule has 0 aromatic rings. The zero-order valence-electron chi connectivity index (χ0n) is 12.3. The Bertz CT molecular complexity index is 166. The van der Waals surface area contributed by atoms with E-state index in [0.717, 1.165) is 30.1 Å². The zero-order chi connectivity index (χ0) is 13.1. The van der Waals surface area contributed by atoms with Gasteiger partial charge in [-0.1, -0.05) is 26.7 Å². The van der Waals surface area contributed by atoms with Crippen molar-refractivity contribution in [3.63, 3.8) is 0 Å². The van der Waals surface area contributed by atoms with E-state index in [-0.39, 0.29) is 5.91 Å². The van der Waals surface area contributed by atoms with E-state index >= 15 is 0 Å². The first-order valence-corrected chi connectivity index (χ1v) is 8.16. The van der Waals surface area contributed by atoms with Crippen molar-refractivity contribution < 1.29 is 14.2 Å². The Labute approximate surface area is 110 Å². The number of hydrogen-bond donors (Lipinski definition) is 0. The van der Waals surface area contributed by atoms with E-state index in [1.165, 1.54) is 25.7 Å². The van der Waals surface area contributed by atoms with Gasteiger partial charge < -0.3 is 14.2 Å². The molecule has 1 heterocycles. The molecule has 1 aliphatic heterocycles. The minimum Gasteiger partial charge on any atom is -0.370 e. The maximum atomic E-state index is 5.35. The third kappa shape index (κ3) is 8.77. The second-order valence-corrected chi connectivity index (χ2v) is 5.35. The Morgan fingerprint density at radius 2 is 1.71 bits per heavy atom. The van der Waals surface area contributed by atoms with Gasteiger partial charge in [0.05, 0.1) is 22.5 Å². The lowest BCUT2D eigenvalue weighted by atomic mass is 10.0. The van der Waals surface area contributed by atoms with Crippen molar-refractivity contribution in [2.75, 3.05) is 19.8 Å². The fourth-order valence-corrected chi connectivity index (χ4v) is 2.31. The number of unbranched alkanes of at least 4 members (excludes halogenated alkanes) is 1. The predicted octanol–water partition coefficient (Wildman–Crippen LogP) is 2.06. The number of rotatable bonds is 8. The molecule has 0 saturated carbocycles. The van der Waals surface area contributed by atoms with Gasteiger partial charge in [0, 0.05) is 13.2 Å². The molecule has 0 N–H and O–H groups in total. The van der Waals surface area contributed by atoms with Crippen molar-refractivity contribution in [1.82, 2.24) is 0 Å². The van der Waals surface area contributed by atoms with Crippen molar-refractivity contribution in [2.24, 2.45) is 0 Å². The van der Waals surface area contributed by atoms with Crippen LogP contribution >= 0.6 is 0 Å². The molecule has 0 amide bonds. The summed E-state index contributed by atoms with van der Waals surface area (Å²) in [5.74, 6) is 0.102. The van der Waals surface area contributed by atoms with Crippen LogP contribution in [0.4, 0.5) is 0 Å². The lowest BCUT2D eigenvalue weighted by Crippen LogP contribution is -2.16. The highest BCUT2D eigenvalue weighted by atomic mass is 28.1. The average Bonchev–Trinajstić information content (AvgIpc) is 3.09. The van der Waals surface area contributed by atoms with Crippen LogP contribution in [-0.4, -0.2) is 41.6 Å². The second kappa shape index (κ2) is 10.1. The summed E-state index contributed by atoms with van der Waals surface area (Å²) in [5, 5.41) is 0. The normalized spacial score (nSPS) is 22.4. The molecule has 1 unspecified atom stereocenters. The molecule has 1 aliphatic rings. The van der Waals surface area contributed by atoms with Crippen LogP contribution in [0.15, 0.2) is 0 Å². The van der Waals surface area contributed by atoms with E-state index in [1.54, 1.807) is 0 Å². The van der Waals surface area contributed by atoms with Gasteiger partial charge in [-0.15, -0.1) is 0 Å². The van der Waals surface area contributed by atoms with E-state index in [4.69, 9.17) is 14.2 Å². The Hall–Kier alpha value is 0.0969. The van der Waals surface area contributed by atoms with Crippen molar-refractivity contribution in [3.05, 3.63) is 0 Å². The zero-order valence-corrected chi connectivity index (χ0v) is 14.3. The van der Waals surface area contributed by atoms with Gasteiger partial charge in [-0.2, -0.15) is 0 Å². The summed E-state index contributed by atoms with van der Waals surface area (Å²) in [7, 11) is 0.964. The molecule has 0 radical (unpaired) electrons. The van der Waals surface area contributed by atoms with E-state index < -0.39 is 0 Å². The summed E-state index contributed by atoms with van der Waals surface area (Å²) < 4.78 is 15.6. The summed E-state index contributed by atoms with van der Waals surface area (Å²) >= 11 is 0. The molecule has 1 atom stereocenters. The fourth-order valence-electron chi connectivity index (χ4n) is 1.64. The molecule has 1 saturated heterocycles. The highest BCUT2D eigenvalue weighted by Crippen LogP contribution is 2.35. The SMILES string of the molecule is CCCCC1(CC)CO1.CCOC([SiH3])OCC. The van der Waals surface area contributed by atoms with Gasteiger partial charge in [-0.3, -0.25) is 0 Å². The van der Waals surface area contributed by atoms with E-state index in [0.29, 0.717) is 5.60 Å². The van der Waals surface area contributed by atoms with Gasteiger partial charge in [0.15, 0.2) is 0 Å². The summed E-state index contributed by atoms with van der Waals surface area (Å²) in [4.78, 5) is 0. The van der Waals surface area contributed by atoms with E-state index in [1.807, 2.05) is 13.8 Å². The molecule has 0 bridgehead atoms. The van der Waals surface area contributed by atoms with Crippen LogP contribution in [0.2, 0.25) is 0 Å². The van der Waals surface area contributed by atoms with Gasteiger partial charge in [0.1, 0.15) is 5.91 Å². The van der Waals surface area contributed by atoms with Gasteiger partial charge in [0.2, 0.25) is 0 Å². The average molecular weight is 262 g/mol. The molecule has 1 rings (SSSR count). The minimum absolute atomic E-state index is 0.102. The number of hydrogen-bond acceptors (Lipinski definition) is 3. The Kier molecular flexibility index (Phi) is 10.1. The minimum atomic E-state index is 0.102. The molecule has 3 nitrogen and oxygen atoms in total. The number of epoxide rings is 1. The van der Waals surface area contributed by atoms with Crippen LogP contribution in [0.5, 0.6) is 0 Å². The van der Waals surface area contributed by atoms with Crippen LogP contribution in [-0.2, 0) is 14.2 Å². The lowest BCUT2D eigenvalue weighted by molar-refractivity contribution is -0.0801. The van der Waals surface area contributed by atoms with Crippen LogP contribution < -0.4 is 0 Å². The largest absolute Gasteiger partial charge is 0.370 e. The summed E-state index contributed by atoms with van der Waals surface area (Å²) in [6, 6.07) is 0. The smallest absolute Gasteiger partial charge is 0.131 e. The molecule has 1 fully saturated rings. The van der Waals surface area contributed by atoms with Gasteiger partial charge >= 0.3 is 0 Å². The van der Waals surface area contributed by atoms with Crippen molar-refractivity contribution in [1.29, 1.82) is 0 Å². The molecule has 4 heteroatoms. The topological polar surface area (TPSA) is 31.0 Å². The Balaban J connectivity index is 0.000000304. The molecule has 0 aromatic heterocycles. The highest BCUT2D eigenvalue weighted by Gasteiger charge is 2.41. The van der Waals surface area contributed by atoms with Crippen molar-refractivity contribution in [2.45, 2.75) is 64.9 Å². The fraction of sp³-hybridized carbons (Fsp3) is 1.00. The first kappa shape index (κ1) is 17.1. The third-order valence-corrected chi connectivity index (χ3v) is 3.65. The molecular formula is C13H30O3Si. The van der Waals surface area contributed by atoms with E-state index in [9.17, 15) is 0 Å². The Morgan fingerprint density at radius 3 is 2.00 bits per heavy atom. The monoisotopic (exact) mass is 262 g/mol. The lowest BCUT2D eigenvalue weighted by Gasteiger charge is -2.09. The first-order valence-electron chi connectivity index (χ1n) is 7.01. The molecule has 0 aromatic carbocycles. The van der Waals surface area contributed by atoms with Gasteiger partial charge in [-0.05, 0) is 26.7 Å². The molecular weight excluding hydrogens is 232 g/mol. The second-order valence-electron chi connectivity index (χ2n) is 4.41. The van der Waals surface area contributed by atoms with Crippen LogP contribution in [0, 0.1) is 0 Å². The first-order chi connectivity index (χ1) is 8.14. The molecule has 0 spiro atoms. The maximum Gasteiger partial charge on any atom is 0.131 e. The molecule has 17 heavy (non-hydrogen) atoms. The van der Waals surface area contributed by atoms with E-state index in [2.05, 4.69) is 13.8 Å². The van der Waals surface area contributed by atoms with Crippen LogP contribution in [0.25, 0.3) is 0 Å². The summed E-state index contributed by atoms with van der Waals surface area (Å²) in [6.45, 7) is 10.9. The van der Waals surface area contributed by atoms with Crippen LogP contribution in [0.3, 0.4) is 0 Å². The van der Waals surface area contributed by atoms with Gasteiger partial charge in [-0.25, -0.2) is 0 Å². The Morgan fingerprint density at radius 1 is 1.18 bits per heavy atom. The highest BCUT2D eigenvalue weighted by molar-refractivity contribution is 6.09. The van der Waals surface area contributed by atoms with Crippen LogP contribution in [0.1, 0.15) is 53.4 Å².